The predicted octanol–water partition coefficient (Wildman–Crippen LogP) is 2.21. The molecule has 3 rings (SSSR count). The zero-order valence-corrected chi connectivity index (χ0v) is 13.0. The second-order valence-corrected chi connectivity index (χ2v) is 6.15. The van der Waals surface area contributed by atoms with Crippen LogP contribution < -0.4 is 5.73 Å². The Balaban J connectivity index is 1.75. The van der Waals surface area contributed by atoms with Gasteiger partial charge in [-0.05, 0) is 43.0 Å². The SMILES string of the molecule is CC(C)N1CCOC(Cn2ccc3cc(CN)ccc32)C1. The van der Waals surface area contributed by atoms with Gasteiger partial charge in [0.25, 0.3) is 0 Å². The first-order chi connectivity index (χ1) is 10.2. The number of benzene rings is 1. The molecule has 0 spiro atoms. The van der Waals surface area contributed by atoms with Crippen LogP contribution in [0.1, 0.15) is 19.4 Å². The van der Waals surface area contributed by atoms with Gasteiger partial charge in [-0.3, -0.25) is 4.90 Å². The summed E-state index contributed by atoms with van der Waals surface area (Å²) in [5.74, 6) is 0. The van der Waals surface area contributed by atoms with Gasteiger partial charge in [0.05, 0.1) is 19.3 Å². The molecule has 1 aliphatic heterocycles. The van der Waals surface area contributed by atoms with E-state index in [2.05, 4.69) is 53.8 Å². The minimum absolute atomic E-state index is 0.269. The molecule has 0 aliphatic carbocycles. The third-order valence-corrected chi connectivity index (χ3v) is 4.37. The van der Waals surface area contributed by atoms with Crippen molar-refractivity contribution < 1.29 is 4.74 Å². The molecule has 2 aromatic rings. The summed E-state index contributed by atoms with van der Waals surface area (Å²) in [5.41, 5.74) is 8.15. The van der Waals surface area contributed by atoms with Crippen molar-refractivity contribution in [3.63, 3.8) is 0 Å². The summed E-state index contributed by atoms with van der Waals surface area (Å²) in [4.78, 5) is 2.49. The molecule has 1 atom stereocenters. The molecule has 1 aliphatic rings. The Morgan fingerprint density at radius 2 is 2.19 bits per heavy atom. The van der Waals surface area contributed by atoms with Crippen molar-refractivity contribution >= 4 is 10.9 Å². The minimum Gasteiger partial charge on any atom is -0.374 e. The molecule has 1 saturated heterocycles. The van der Waals surface area contributed by atoms with Crippen LogP contribution in [0.25, 0.3) is 10.9 Å². The van der Waals surface area contributed by atoms with Crippen LogP contribution in [0.3, 0.4) is 0 Å². The average molecular weight is 287 g/mol. The molecule has 114 valence electrons. The second kappa shape index (κ2) is 6.18. The third-order valence-electron chi connectivity index (χ3n) is 4.37. The van der Waals surface area contributed by atoms with Crippen molar-refractivity contribution in [2.24, 2.45) is 5.73 Å². The predicted molar refractivity (Wildman–Crippen MR) is 86.3 cm³/mol. The molecule has 1 aromatic carbocycles. The van der Waals surface area contributed by atoms with Gasteiger partial charge < -0.3 is 15.0 Å². The van der Waals surface area contributed by atoms with Gasteiger partial charge in [0.2, 0.25) is 0 Å². The summed E-state index contributed by atoms with van der Waals surface area (Å²) in [7, 11) is 0. The lowest BCUT2D eigenvalue weighted by Crippen LogP contribution is -2.47. The minimum atomic E-state index is 0.269. The maximum absolute atomic E-state index is 5.94. The van der Waals surface area contributed by atoms with Crippen molar-refractivity contribution in [3.8, 4) is 0 Å². The van der Waals surface area contributed by atoms with Gasteiger partial charge in [-0.15, -0.1) is 0 Å². The molecule has 4 nitrogen and oxygen atoms in total. The fourth-order valence-electron chi connectivity index (χ4n) is 3.08. The van der Waals surface area contributed by atoms with E-state index in [0.29, 0.717) is 12.6 Å². The van der Waals surface area contributed by atoms with Crippen LogP contribution in [0.5, 0.6) is 0 Å². The van der Waals surface area contributed by atoms with Crippen LogP contribution in [0.4, 0.5) is 0 Å². The van der Waals surface area contributed by atoms with Crippen LogP contribution in [-0.2, 0) is 17.8 Å². The summed E-state index contributed by atoms with van der Waals surface area (Å²) < 4.78 is 8.24. The van der Waals surface area contributed by atoms with Crippen molar-refractivity contribution in [2.75, 3.05) is 19.7 Å². The molecule has 0 amide bonds. The zero-order valence-electron chi connectivity index (χ0n) is 13.0. The number of nitrogens with two attached hydrogens (primary N) is 1. The molecule has 1 unspecified atom stereocenters. The number of morpholine rings is 1. The molecule has 21 heavy (non-hydrogen) atoms. The Kier molecular flexibility index (Phi) is 4.29. The van der Waals surface area contributed by atoms with E-state index in [-0.39, 0.29) is 6.10 Å². The van der Waals surface area contributed by atoms with Gasteiger partial charge in [-0.2, -0.15) is 0 Å². The number of hydrogen-bond donors (Lipinski definition) is 1. The first-order valence-electron chi connectivity index (χ1n) is 7.81. The monoisotopic (exact) mass is 287 g/mol. The Hall–Kier alpha value is -1.36. The van der Waals surface area contributed by atoms with Crippen LogP contribution in [0, 0.1) is 0 Å². The highest BCUT2D eigenvalue weighted by molar-refractivity contribution is 5.80. The molecular formula is C17H25N3O. The lowest BCUT2D eigenvalue weighted by Gasteiger charge is -2.35. The van der Waals surface area contributed by atoms with Gasteiger partial charge >= 0.3 is 0 Å². The molecule has 0 radical (unpaired) electrons. The number of nitrogens with zero attached hydrogens (tertiary/aromatic N) is 2. The van der Waals surface area contributed by atoms with E-state index in [1.165, 1.54) is 16.5 Å². The maximum atomic E-state index is 5.94. The highest BCUT2D eigenvalue weighted by Gasteiger charge is 2.22. The smallest absolute Gasteiger partial charge is 0.0881 e. The fraction of sp³-hybridized carbons (Fsp3) is 0.529. The maximum Gasteiger partial charge on any atom is 0.0881 e. The van der Waals surface area contributed by atoms with E-state index in [9.17, 15) is 0 Å². The van der Waals surface area contributed by atoms with Crippen LogP contribution in [0.15, 0.2) is 30.5 Å². The van der Waals surface area contributed by atoms with Crippen molar-refractivity contribution in [1.82, 2.24) is 9.47 Å². The van der Waals surface area contributed by atoms with Crippen LogP contribution in [-0.4, -0.2) is 41.3 Å². The summed E-state index contributed by atoms with van der Waals surface area (Å²) in [6.45, 7) is 8.90. The Labute approximate surface area is 126 Å². The van der Waals surface area contributed by atoms with Crippen molar-refractivity contribution in [3.05, 3.63) is 36.0 Å². The number of fused-ring (bicyclic) bond motifs is 1. The van der Waals surface area contributed by atoms with E-state index in [0.717, 1.165) is 26.2 Å². The second-order valence-electron chi connectivity index (χ2n) is 6.15. The fourth-order valence-corrected chi connectivity index (χ4v) is 3.08. The molecule has 0 saturated carbocycles. The number of rotatable bonds is 4. The van der Waals surface area contributed by atoms with Crippen LogP contribution in [0.2, 0.25) is 0 Å². The molecule has 1 aromatic heterocycles. The largest absolute Gasteiger partial charge is 0.374 e. The summed E-state index contributed by atoms with van der Waals surface area (Å²) in [6, 6.07) is 9.21. The van der Waals surface area contributed by atoms with Gasteiger partial charge in [0, 0.05) is 37.4 Å². The topological polar surface area (TPSA) is 43.4 Å². The van der Waals surface area contributed by atoms with Crippen molar-refractivity contribution in [1.29, 1.82) is 0 Å². The Morgan fingerprint density at radius 1 is 1.33 bits per heavy atom. The average Bonchev–Trinajstić information content (AvgIpc) is 2.89. The molecule has 1 fully saturated rings. The Morgan fingerprint density at radius 3 is 2.95 bits per heavy atom. The van der Waals surface area contributed by atoms with Gasteiger partial charge in [0.15, 0.2) is 0 Å². The third kappa shape index (κ3) is 3.12. The van der Waals surface area contributed by atoms with Crippen LogP contribution >= 0.6 is 0 Å². The normalized spacial score (nSPS) is 20.5. The summed E-state index contributed by atoms with van der Waals surface area (Å²) in [5, 5.41) is 1.26. The highest BCUT2D eigenvalue weighted by Crippen LogP contribution is 2.19. The molecule has 0 bridgehead atoms. The molecule has 4 heteroatoms. The van der Waals surface area contributed by atoms with E-state index >= 15 is 0 Å². The standard InChI is InChI=1S/C17H25N3O/c1-13(2)19-7-8-21-16(11-19)12-20-6-5-15-9-14(10-18)3-4-17(15)20/h3-6,9,13,16H,7-8,10-12,18H2,1-2H3. The number of ether oxygens (including phenoxy) is 1. The zero-order chi connectivity index (χ0) is 14.8. The highest BCUT2D eigenvalue weighted by atomic mass is 16.5. The molecule has 2 N–H and O–H groups in total. The Bertz CT molecular complexity index is 605. The van der Waals surface area contributed by atoms with E-state index < -0.39 is 0 Å². The van der Waals surface area contributed by atoms with Crippen molar-refractivity contribution in [2.45, 2.75) is 39.1 Å². The van der Waals surface area contributed by atoms with E-state index in [4.69, 9.17) is 10.5 Å². The first kappa shape index (κ1) is 14.6. The van der Waals surface area contributed by atoms with Gasteiger partial charge in [-0.25, -0.2) is 0 Å². The summed E-state index contributed by atoms with van der Waals surface area (Å²) in [6.07, 6.45) is 2.42. The number of hydrogen-bond acceptors (Lipinski definition) is 3. The lowest BCUT2D eigenvalue weighted by atomic mass is 10.1. The van der Waals surface area contributed by atoms with Gasteiger partial charge in [0.1, 0.15) is 0 Å². The quantitative estimate of drug-likeness (QED) is 0.937. The van der Waals surface area contributed by atoms with E-state index in [1.54, 1.807) is 0 Å². The summed E-state index contributed by atoms with van der Waals surface area (Å²) >= 11 is 0. The van der Waals surface area contributed by atoms with E-state index in [1.807, 2.05) is 0 Å². The van der Waals surface area contributed by atoms with Gasteiger partial charge in [-0.1, -0.05) is 6.07 Å². The number of aromatic nitrogens is 1. The molecular weight excluding hydrogens is 262 g/mol. The molecule has 2 heterocycles. The lowest BCUT2D eigenvalue weighted by molar-refractivity contribution is -0.0451. The first-order valence-corrected chi connectivity index (χ1v) is 7.81.